The van der Waals surface area contributed by atoms with Crippen molar-refractivity contribution < 1.29 is 13.9 Å². The normalized spacial score (nSPS) is 12.7. The fourth-order valence-corrected chi connectivity index (χ4v) is 1.42. The predicted octanol–water partition coefficient (Wildman–Crippen LogP) is 1.35. The molecular weight excluding hydrogens is 216 g/mol. The molecule has 0 spiro atoms. The third kappa shape index (κ3) is 1.63. The highest BCUT2D eigenvalue weighted by Gasteiger charge is 2.20. The molecule has 1 heterocycles. The summed E-state index contributed by atoms with van der Waals surface area (Å²) in [6.45, 7) is 0. The summed E-state index contributed by atoms with van der Waals surface area (Å²) in [5, 5.41) is 15.8. The Morgan fingerprint density at radius 3 is 2.69 bits per heavy atom. The quantitative estimate of drug-likeness (QED) is 0.722. The average Bonchev–Trinajstić information content (AvgIpc) is 2.68. The van der Waals surface area contributed by atoms with Gasteiger partial charge in [0.1, 0.15) is 11.9 Å². The van der Waals surface area contributed by atoms with E-state index in [0.717, 1.165) is 6.07 Å². The Morgan fingerprint density at radius 2 is 2.06 bits per heavy atom. The lowest BCUT2D eigenvalue weighted by molar-refractivity contribution is 0.214. The van der Waals surface area contributed by atoms with Crippen LogP contribution in [0.3, 0.4) is 0 Å². The molecule has 2 rings (SSSR count). The van der Waals surface area contributed by atoms with Gasteiger partial charge in [0.25, 0.3) is 0 Å². The van der Waals surface area contributed by atoms with Gasteiger partial charge < -0.3 is 10.8 Å². The van der Waals surface area contributed by atoms with Crippen molar-refractivity contribution >= 4 is 5.82 Å². The molecule has 0 saturated carbocycles. The number of nitrogens with one attached hydrogen (secondary N) is 1. The number of halogens is 2. The van der Waals surface area contributed by atoms with Crippen molar-refractivity contribution in [3.63, 3.8) is 0 Å². The SMILES string of the molecule is Nc1[nH]ncc1C(O)c1cccc(F)c1F. The molecule has 2 aromatic rings. The van der Waals surface area contributed by atoms with E-state index in [4.69, 9.17) is 5.73 Å². The van der Waals surface area contributed by atoms with Crippen LogP contribution in [0.15, 0.2) is 24.4 Å². The second-order valence-corrected chi connectivity index (χ2v) is 3.28. The molecular formula is C10H9F2N3O. The summed E-state index contributed by atoms with van der Waals surface area (Å²) >= 11 is 0. The highest BCUT2D eigenvalue weighted by Crippen LogP contribution is 2.27. The third-order valence-corrected chi connectivity index (χ3v) is 2.27. The number of benzene rings is 1. The van der Waals surface area contributed by atoms with Gasteiger partial charge in [0.2, 0.25) is 0 Å². The molecule has 0 radical (unpaired) electrons. The summed E-state index contributed by atoms with van der Waals surface area (Å²) in [4.78, 5) is 0. The van der Waals surface area contributed by atoms with Crippen LogP contribution in [0.5, 0.6) is 0 Å². The maximum Gasteiger partial charge on any atom is 0.164 e. The number of nitrogens with two attached hydrogens (primary N) is 1. The van der Waals surface area contributed by atoms with E-state index in [1.165, 1.54) is 18.3 Å². The van der Waals surface area contributed by atoms with E-state index in [1.807, 2.05) is 0 Å². The molecule has 1 atom stereocenters. The van der Waals surface area contributed by atoms with Gasteiger partial charge in [-0.05, 0) is 6.07 Å². The minimum absolute atomic E-state index is 0.121. The topological polar surface area (TPSA) is 74.9 Å². The summed E-state index contributed by atoms with van der Waals surface area (Å²) in [5.74, 6) is -1.98. The highest BCUT2D eigenvalue weighted by atomic mass is 19.2. The van der Waals surface area contributed by atoms with Crippen molar-refractivity contribution in [2.75, 3.05) is 5.73 Å². The first kappa shape index (κ1) is 10.6. The number of H-pyrrole nitrogens is 1. The van der Waals surface area contributed by atoms with Crippen LogP contribution in [0.4, 0.5) is 14.6 Å². The summed E-state index contributed by atoms with van der Waals surface area (Å²) in [6, 6.07) is 3.58. The lowest BCUT2D eigenvalue weighted by Crippen LogP contribution is -2.05. The van der Waals surface area contributed by atoms with Gasteiger partial charge in [-0.15, -0.1) is 0 Å². The molecule has 0 aliphatic rings. The Morgan fingerprint density at radius 1 is 1.31 bits per heavy atom. The molecule has 0 aliphatic heterocycles. The van der Waals surface area contributed by atoms with Crippen LogP contribution in [-0.2, 0) is 0 Å². The van der Waals surface area contributed by atoms with Crippen molar-refractivity contribution in [2.45, 2.75) is 6.10 Å². The Labute approximate surface area is 89.7 Å². The Hall–Kier alpha value is -1.95. The van der Waals surface area contributed by atoms with Crippen LogP contribution in [0.25, 0.3) is 0 Å². The zero-order valence-corrected chi connectivity index (χ0v) is 8.11. The van der Waals surface area contributed by atoms with E-state index in [0.29, 0.717) is 0 Å². The van der Waals surface area contributed by atoms with Gasteiger partial charge in [0, 0.05) is 11.1 Å². The van der Waals surface area contributed by atoms with Gasteiger partial charge in [0.05, 0.1) is 6.20 Å². The molecule has 84 valence electrons. The molecule has 0 saturated heterocycles. The number of hydrogen-bond donors (Lipinski definition) is 3. The molecule has 16 heavy (non-hydrogen) atoms. The number of aliphatic hydroxyl groups is 1. The van der Waals surface area contributed by atoms with Crippen LogP contribution in [0, 0.1) is 11.6 Å². The number of nitrogens with zero attached hydrogens (tertiary/aromatic N) is 1. The van der Waals surface area contributed by atoms with Gasteiger partial charge in [-0.25, -0.2) is 8.78 Å². The lowest BCUT2D eigenvalue weighted by Gasteiger charge is -2.11. The number of aromatic nitrogens is 2. The van der Waals surface area contributed by atoms with Gasteiger partial charge >= 0.3 is 0 Å². The minimum atomic E-state index is -1.34. The van der Waals surface area contributed by atoms with Crippen LogP contribution in [0.1, 0.15) is 17.2 Å². The summed E-state index contributed by atoms with van der Waals surface area (Å²) < 4.78 is 26.3. The number of anilines is 1. The van der Waals surface area contributed by atoms with E-state index >= 15 is 0 Å². The molecule has 1 aromatic heterocycles. The van der Waals surface area contributed by atoms with E-state index in [-0.39, 0.29) is 16.9 Å². The first-order valence-electron chi connectivity index (χ1n) is 4.52. The molecule has 1 aromatic carbocycles. The van der Waals surface area contributed by atoms with E-state index in [2.05, 4.69) is 10.2 Å². The van der Waals surface area contributed by atoms with E-state index in [9.17, 15) is 13.9 Å². The average molecular weight is 225 g/mol. The summed E-state index contributed by atoms with van der Waals surface area (Å²) in [7, 11) is 0. The van der Waals surface area contributed by atoms with Crippen molar-refractivity contribution in [2.24, 2.45) is 0 Å². The molecule has 0 aliphatic carbocycles. The van der Waals surface area contributed by atoms with Gasteiger partial charge in [0.15, 0.2) is 11.6 Å². The molecule has 4 nitrogen and oxygen atoms in total. The zero-order chi connectivity index (χ0) is 11.7. The number of nitrogen functional groups attached to an aromatic ring is 1. The molecule has 0 bridgehead atoms. The van der Waals surface area contributed by atoms with Gasteiger partial charge in [-0.2, -0.15) is 5.10 Å². The fraction of sp³-hybridized carbons (Fsp3) is 0.100. The maximum absolute atomic E-state index is 13.4. The summed E-state index contributed by atoms with van der Waals surface area (Å²) in [6.07, 6.45) is -0.0703. The standard InChI is InChI=1S/C10H9F2N3O/c11-7-3-1-2-5(8(7)12)9(16)6-4-14-15-10(6)13/h1-4,9,16H,(H3,13,14,15). The molecule has 1 unspecified atom stereocenters. The smallest absolute Gasteiger partial charge is 0.164 e. The Balaban J connectivity index is 2.46. The molecule has 6 heteroatoms. The largest absolute Gasteiger partial charge is 0.384 e. The molecule has 0 amide bonds. The third-order valence-electron chi connectivity index (χ3n) is 2.27. The molecule has 4 N–H and O–H groups in total. The monoisotopic (exact) mass is 225 g/mol. The van der Waals surface area contributed by atoms with Crippen molar-refractivity contribution in [1.82, 2.24) is 10.2 Å². The van der Waals surface area contributed by atoms with Crippen molar-refractivity contribution in [3.05, 3.63) is 47.2 Å². The minimum Gasteiger partial charge on any atom is -0.384 e. The van der Waals surface area contributed by atoms with E-state index < -0.39 is 17.7 Å². The van der Waals surface area contributed by atoms with Crippen LogP contribution < -0.4 is 5.73 Å². The number of rotatable bonds is 2. The van der Waals surface area contributed by atoms with Gasteiger partial charge in [-0.1, -0.05) is 12.1 Å². The number of aliphatic hydroxyl groups excluding tert-OH is 1. The fourth-order valence-electron chi connectivity index (χ4n) is 1.42. The van der Waals surface area contributed by atoms with Gasteiger partial charge in [-0.3, -0.25) is 5.10 Å². The van der Waals surface area contributed by atoms with Crippen LogP contribution in [0.2, 0.25) is 0 Å². The number of aromatic amines is 1. The van der Waals surface area contributed by atoms with Crippen molar-refractivity contribution in [1.29, 1.82) is 0 Å². The Bertz CT molecular complexity index is 513. The maximum atomic E-state index is 13.4. The predicted molar refractivity (Wildman–Crippen MR) is 53.4 cm³/mol. The Kier molecular flexibility index (Phi) is 2.57. The first-order valence-corrected chi connectivity index (χ1v) is 4.52. The lowest BCUT2D eigenvalue weighted by atomic mass is 10.0. The number of hydrogen-bond acceptors (Lipinski definition) is 3. The zero-order valence-electron chi connectivity index (χ0n) is 8.11. The van der Waals surface area contributed by atoms with Crippen LogP contribution in [-0.4, -0.2) is 15.3 Å². The van der Waals surface area contributed by atoms with Crippen molar-refractivity contribution in [3.8, 4) is 0 Å². The van der Waals surface area contributed by atoms with E-state index in [1.54, 1.807) is 0 Å². The summed E-state index contributed by atoms with van der Waals surface area (Å²) in [5.41, 5.74) is 5.51. The first-order chi connectivity index (χ1) is 7.61. The second-order valence-electron chi connectivity index (χ2n) is 3.28. The second kappa shape index (κ2) is 3.90. The highest BCUT2D eigenvalue weighted by molar-refractivity contribution is 5.43. The van der Waals surface area contributed by atoms with Crippen LogP contribution >= 0.6 is 0 Å². The molecule has 0 fully saturated rings.